The summed E-state index contributed by atoms with van der Waals surface area (Å²) in [6.07, 6.45) is 3.01. The Labute approximate surface area is 139 Å². The molecule has 1 N–H and O–H groups in total. The number of methoxy groups -OCH3 is 1. The van der Waals surface area contributed by atoms with Gasteiger partial charge in [-0.15, -0.1) is 0 Å². The molecule has 3 amide bonds. The number of ether oxygens (including phenoxy) is 1. The highest BCUT2D eigenvalue weighted by Crippen LogP contribution is 2.13. The molecule has 0 unspecified atom stereocenters. The standard InChI is InChI=1S/C16H18N4O4/c1-23-14-5-4-12(11-17-14)18-16(22)20-8-6-19(7-9-20)15(21)13-3-2-10-24-13/h2-5,10-11H,6-9H2,1H3,(H,18,22). The fourth-order valence-corrected chi connectivity index (χ4v) is 2.45. The van der Waals surface area contributed by atoms with Crippen molar-refractivity contribution in [1.82, 2.24) is 14.8 Å². The second-order valence-corrected chi connectivity index (χ2v) is 5.28. The largest absolute Gasteiger partial charge is 0.481 e. The maximum absolute atomic E-state index is 12.3. The third-order valence-corrected chi connectivity index (χ3v) is 3.78. The van der Waals surface area contributed by atoms with Crippen molar-refractivity contribution in [3.8, 4) is 5.88 Å². The molecule has 126 valence electrons. The Morgan fingerprint density at radius 3 is 2.50 bits per heavy atom. The number of hydrogen-bond acceptors (Lipinski definition) is 5. The number of hydrogen-bond donors (Lipinski definition) is 1. The van der Waals surface area contributed by atoms with E-state index < -0.39 is 0 Å². The molecule has 0 spiro atoms. The van der Waals surface area contributed by atoms with E-state index in [1.807, 2.05) is 0 Å². The minimum Gasteiger partial charge on any atom is -0.481 e. The molecule has 0 aromatic carbocycles. The van der Waals surface area contributed by atoms with Gasteiger partial charge < -0.3 is 24.3 Å². The Morgan fingerprint density at radius 1 is 1.17 bits per heavy atom. The number of pyridine rings is 1. The third-order valence-electron chi connectivity index (χ3n) is 3.78. The fourth-order valence-electron chi connectivity index (χ4n) is 2.45. The predicted octanol–water partition coefficient (Wildman–Crippen LogP) is 1.67. The van der Waals surface area contributed by atoms with E-state index in [2.05, 4.69) is 10.3 Å². The zero-order valence-electron chi connectivity index (χ0n) is 13.3. The molecule has 0 saturated carbocycles. The van der Waals surface area contributed by atoms with Gasteiger partial charge in [-0.3, -0.25) is 4.79 Å². The highest BCUT2D eigenvalue weighted by atomic mass is 16.5. The van der Waals surface area contributed by atoms with Crippen molar-refractivity contribution >= 4 is 17.6 Å². The van der Waals surface area contributed by atoms with E-state index in [0.717, 1.165) is 0 Å². The van der Waals surface area contributed by atoms with Crippen LogP contribution in [0.1, 0.15) is 10.6 Å². The van der Waals surface area contributed by atoms with Gasteiger partial charge >= 0.3 is 6.03 Å². The first-order chi connectivity index (χ1) is 11.7. The van der Waals surface area contributed by atoms with E-state index in [1.54, 1.807) is 34.1 Å². The molecule has 0 radical (unpaired) electrons. The molecule has 0 aliphatic carbocycles. The average molecular weight is 330 g/mol. The SMILES string of the molecule is COc1ccc(NC(=O)N2CCN(C(=O)c3ccco3)CC2)cn1. The summed E-state index contributed by atoms with van der Waals surface area (Å²) in [6, 6.07) is 6.50. The van der Waals surface area contributed by atoms with E-state index in [0.29, 0.717) is 43.5 Å². The molecule has 2 aromatic rings. The summed E-state index contributed by atoms with van der Waals surface area (Å²) in [7, 11) is 1.53. The lowest BCUT2D eigenvalue weighted by Crippen LogP contribution is -2.51. The molecule has 1 aliphatic rings. The normalized spacial score (nSPS) is 14.4. The molecule has 2 aromatic heterocycles. The van der Waals surface area contributed by atoms with Crippen molar-refractivity contribution in [3.63, 3.8) is 0 Å². The summed E-state index contributed by atoms with van der Waals surface area (Å²) in [5, 5.41) is 2.78. The number of nitrogens with zero attached hydrogens (tertiary/aromatic N) is 3. The summed E-state index contributed by atoms with van der Waals surface area (Å²) in [4.78, 5) is 31.8. The molecular formula is C16H18N4O4. The molecule has 8 nitrogen and oxygen atoms in total. The second-order valence-electron chi connectivity index (χ2n) is 5.28. The van der Waals surface area contributed by atoms with Crippen LogP contribution in [0.25, 0.3) is 0 Å². The lowest BCUT2D eigenvalue weighted by Gasteiger charge is -2.34. The number of rotatable bonds is 3. The van der Waals surface area contributed by atoms with Crippen LogP contribution in [0, 0.1) is 0 Å². The summed E-state index contributed by atoms with van der Waals surface area (Å²) in [6.45, 7) is 1.85. The van der Waals surface area contributed by atoms with Crippen LogP contribution in [-0.2, 0) is 0 Å². The van der Waals surface area contributed by atoms with Crippen molar-refractivity contribution in [2.75, 3.05) is 38.6 Å². The first kappa shape index (κ1) is 15.9. The summed E-state index contributed by atoms with van der Waals surface area (Å²) >= 11 is 0. The lowest BCUT2D eigenvalue weighted by molar-refractivity contribution is 0.0640. The Hall–Kier alpha value is -3.03. The van der Waals surface area contributed by atoms with Crippen LogP contribution in [0.2, 0.25) is 0 Å². The van der Waals surface area contributed by atoms with Crippen molar-refractivity contribution in [1.29, 1.82) is 0 Å². The number of nitrogens with one attached hydrogen (secondary N) is 1. The number of piperazine rings is 1. The van der Waals surface area contributed by atoms with Crippen LogP contribution in [0.15, 0.2) is 41.1 Å². The lowest BCUT2D eigenvalue weighted by atomic mass is 10.3. The Balaban J connectivity index is 1.52. The van der Waals surface area contributed by atoms with Crippen LogP contribution in [0.3, 0.4) is 0 Å². The van der Waals surface area contributed by atoms with Gasteiger partial charge in [-0.25, -0.2) is 9.78 Å². The van der Waals surface area contributed by atoms with Crippen molar-refractivity contribution in [2.24, 2.45) is 0 Å². The van der Waals surface area contributed by atoms with Crippen LogP contribution in [0.5, 0.6) is 5.88 Å². The monoisotopic (exact) mass is 330 g/mol. The molecule has 0 bridgehead atoms. The Bertz CT molecular complexity index is 691. The Morgan fingerprint density at radius 2 is 1.92 bits per heavy atom. The van der Waals surface area contributed by atoms with Gasteiger partial charge in [0.25, 0.3) is 5.91 Å². The van der Waals surface area contributed by atoms with Gasteiger partial charge in [0.15, 0.2) is 5.76 Å². The van der Waals surface area contributed by atoms with E-state index in [1.165, 1.54) is 19.6 Å². The summed E-state index contributed by atoms with van der Waals surface area (Å²) in [5.74, 6) is 0.648. The maximum Gasteiger partial charge on any atom is 0.322 e. The minimum atomic E-state index is -0.216. The number of anilines is 1. The van der Waals surface area contributed by atoms with Crippen LogP contribution in [0.4, 0.5) is 10.5 Å². The van der Waals surface area contributed by atoms with E-state index in [4.69, 9.17) is 9.15 Å². The summed E-state index contributed by atoms with van der Waals surface area (Å²) in [5.41, 5.74) is 0.592. The smallest absolute Gasteiger partial charge is 0.322 e. The van der Waals surface area contributed by atoms with Gasteiger partial charge in [-0.1, -0.05) is 0 Å². The van der Waals surface area contributed by atoms with Crippen LogP contribution < -0.4 is 10.1 Å². The van der Waals surface area contributed by atoms with Crippen molar-refractivity contribution in [3.05, 3.63) is 42.5 Å². The van der Waals surface area contributed by atoms with Gasteiger partial charge in [0.2, 0.25) is 5.88 Å². The minimum absolute atomic E-state index is 0.153. The molecule has 3 rings (SSSR count). The quantitative estimate of drug-likeness (QED) is 0.925. The van der Waals surface area contributed by atoms with Crippen LogP contribution in [-0.4, -0.2) is 60.0 Å². The zero-order chi connectivity index (χ0) is 16.9. The first-order valence-corrected chi connectivity index (χ1v) is 7.56. The molecule has 1 aliphatic heterocycles. The summed E-state index contributed by atoms with van der Waals surface area (Å²) < 4.78 is 10.1. The number of urea groups is 1. The third kappa shape index (κ3) is 3.48. The van der Waals surface area contributed by atoms with Gasteiger partial charge in [0.1, 0.15) is 0 Å². The molecule has 3 heterocycles. The van der Waals surface area contributed by atoms with E-state index in [-0.39, 0.29) is 11.9 Å². The van der Waals surface area contributed by atoms with Gasteiger partial charge in [-0.05, 0) is 18.2 Å². The number of carbonyl (C=O) groups excluding carboxylic acids is 2. The number of aromatic nitrogens is 1. The van der Waals surface area contributed by atoms with E-state index >= 15 is 0 Å². The predicted molar refractivity (Wildman–Crippen MR) is 86.0 cm³/mol. The van der Waals surface area contributed by atoms with Gasteiger partial charge in [-0.2, -0.15) is 0 Å². The Kier molecular flexibility index (Phi) is 4.64. The van der Waals surface area contributed by atoms with Crippen molar-refractivity contribution < 1.29 is 18.7 Å². The maximum atomic E-state index is 12.3. The average Bonchev–Trinajstić information content (AvgIpc) is 3.16. The second kappa shape index (κ2) is 7.03. The molecule has 24 heavy (non-hydrogen) atoms. The molecular weight excluding hydrogens is 312 g/mol. The molecule has 0 atom stereocenters. The number of carbonyl (C=O) groups is 2. The molecule has 1 saturated heterocycles. The highest BCUT2D eigenvalue weighted by Gasteiger charge is 2.26. The zero-order valence-corrected chi connectivity index (χ0v) is 13.3. The number of furan rings is 1. The van der Waals surface area contributed by atoms with Gasteiger partial charge in [0.05, 0.1) is 25.3 Å². The van der Waals surface area contributed by atoms with E-state index in [9.17, 15) is 9.59 Å². The topological polar surface area (TPSA) is 87.9 Å². The fraction of sp³-hybridized carbons (Fsp3) is 0.312. The molecule has 1 fully saturated rings. The first-order valence-electron chi connectivity index (χ1n) is 7.56. The van der Waals surface area contributed by atoms with Crippen molar-refractivity contribution in [2.45, 2.75) is 0 Å². The van der Waals surface area contributed by atoms with Crippen LogP contribution >= 0.6 is 0 Å². The molecule has 8 heteroatoms. The van der Waals surface area contributed by atoms with Gasteiger partial charge in [0, 0.05) is 32.2 Å². The highest BCUT2D eigenvalue weighted by molar-refractivity contribution is 5.92. The number of amides is 3.